The largest absolute Gasteiger partial charge is 0.496 e. The second kappa shape index (κ2) is 7.58. The van der Waals surface area contributed by atoms with E-state index in [4.69, 9.17) is 4.74 Å². The van der Waals surface area contributed by atoms with Crippen molar-refractivity contribution in [3.05, 3.63) is 58.9 Å². The minimum atomic E-state index is -4.93. The van der Waals surface area contributed by atoms with Crippen LogP contribution < -0.4 is 10.1 Å². The molecule has 1 heterocycles. The zero-order valence-electron chi connectivity index (χ0n) is 16.9. The summed E-state index contributed by atoms with van der Waals surface area (Å²) in [7, 11) is 1.35. The lowest BCUT2D eigenvalue weighted by molar-refractivity contribution is -0.266. The quantitative estimate of drug-likeness (QED) is 0.669. The van der Waals surface area contributed by atoms with Gasteiger partial charge in [0.05, 0.1) is 13.5 Å². The van der Waals surface area contributed by atoms with Crippen molar-refractivity contribution in [1.82, 2.24) is 0 Å². The summed E-state index contributed by atoms with van der Waals surface area (Å²) in [5, 5.41) is 13.4. The molecule has 0 saturated heterocycles. The summed E-state index contributed by atoms with van der Waals surface area (Å²) >= 11 is 0. The molecule has 30 heavy (non-hydrogen) atoms. The van der Waals surface area contributed by atoms with Crippen LogP contribution >= 0.6 is 0 Å². The van der Waals surface area contributed by atoms with Crippen molar-refractivity contribution < 1.29 is 32.2 Å². The van der Waals surface area contributed by atoms with Crippen LogP contribution in [0.1, 0.15) is 37.0 Å². The summed E-state index contributed by atoms with van der Waals surface area (Å²) in [6, 6.07) is 8.13. The van der Waals surface area contributed by atoms with Crippen molar-refractivity contribution in [1.29, 1.82) is 0 Å². The maximum absolute atomic E-state index is 14.0. The zero-order valence-corrected chi connectivity index (χ0v) is 16.9. The normalized spacial score (nSPS) is 16.1. The SMILES string of the molecule is COc1ccc(F)cc1C(C)(C)CC(O)(Cc1ccc2c(c1)CC(=O)N2)C(F)(F)F. The van der Waals surface area contributed by atoms with Crippen molar-refractivity contribution in [3.63, 3.8) is 0 Å². The van der Waals surface area contributed by atoms with E-state index in [2.05, 4.69) is 5.32 Å². The predicted octanol–water partition coefficient (Wildman–Crippen LogP) is 4.53. The Labute approximate surface area is 171 Å². The van der Waals surface area contributed by atoms with Crippen molar-refractivity contribution in [2.75, 3.05) is 12.4 Å². The van der Waals surface area contributed by atoms with E-state index < -0.39 is 35.9 Å². The maximum Gasteiger partial charge on any atom is 0.417 e. The van der Waals surface area contributed by atoms with Gasteiger partial charge < -0.3 is 15.2 Å². The first kappa shape index (κ1) is 22.1. The number of amides is 1. The smallest absolute Gasteiger partial charge is 0.417 e. The van der Waals surface area contributed by atoms with E-state index in [1.54, 1.807) is 0 Å². The predicted molar refractivity (Wildman–Crippen MR) is 104 cm³/mol. The highest BCUT2D eigenvalue weighted by atomic mass is 19.4. The van der Waals surface area contributed by atoms with Crippen LogP contribution in [0.4, 0.5) is 23.2 Å². The molecule has 0 bridgehead atoms. The third kappa shape index (κ3) is 4.28. The van der Waals surface area contributed by atoms with Gasteiger partial charge in [-0.05, 0) is 47.2 Å². The minimum Gasteiger partial charge on any atom is -0.496 e. The first-order valence-electron chi connectivity index (χ1n) is 9.39. The summed E-state index contributed by atoms with van der Waals surface area (Å²) in [4.78, 5) is 11.5. The van der Waals surface area contributed by atoms with Gasteiger partial charge in [-0.3, -0.25) is 4.79 Å². The molecule has 1 amide bonds. The van der Waals surface area contributed by atoms with Crippen molar-refractivity contribution in [2.24, 2.45) is 0 Å². The Morgan fingerprint density at radius 1 is 1.13 bits per heavy atom. The molecule has 0 saturated carbocycles. The van der Waals surface area contributed by atoms with E-state index in [0.29, 0.717) is 11.3 Å². The average Bonchev–Trinajstić information content (AvgIpc) is 2.99. The minimum absolute atomic E-state index is 0.0829. The molecule has 2 aromatic rings. The molecule has 162 valence electrons. The Kier molecular flexibility index (Phi) is 5.58. The molecule has 2 N–H and O–H groups in total. The molecule has 2 aromatic carbocycles. The molecule has 0 aromatic heterocycles. The topological polar surface area (TPSA) is 58.6 Å². The van der Waals surface area contributed by atoms with E-state index in [9.17, 15) is 27.5 Å². The average molecular weight is 425 g/mol. The van der Waals surface area contributed by atoms with Crippen molar-refractivity contribution in [2.45, 2.75) is 50.3 Å². The number of carbonyl (C=O) groups is 1. The Morgan fingerprint density at radius 2 is 1.83 bits per heavy atom. The number of hydrogen-bond acceptors (Lipinski definition) is 3. The number of alkyl halides is 3. The van der Waals surface area contributed by atoms with E-state index in [0.717, 1.165) is 12.1 Å². The van der Waals surface area contributed by atoms with Gasteiger partial charge in [-0.1, -0.05) is 26.0 Å². The van der Waals surface area contributed by atoms with Crippen molar-refractivity contribution in [3.8, 4) is 5.75 Å². The van der Waals surface area contributed by atoms with E-state index >= 15 is 0 Å². The molecule has 0 spiro atoms. The number of ether oxygens (including phenoxy) is 1. The molecule has 8 heteroatoms. The molecule has 1 aliphatic heterocycles. The van der Waals surface area contributed by atoms with Gasteiger partial charge in [0.2, 0.25) is 5.91 Å². The van der Waals surface area contributed by atoms with Gasteiger partial charge in [-0.25, -0.2) is 4.39 Å². The fourth-order valence-electron chi connectivity index (χ4n) is 4.03. The number of benzene rings is 2. The lowest BCUT2D eigenvalue weighted by Gasteiger charge is -2.38. The van der Waals surface area contributed by atoms with E-state index in [-0.39, 0.29) is 29.2 Å². The van der Waals surface area contributed by atoms with Crippen LogP contribution in [-0.4, -0.2) is 29.9 Å². The Bertz CT molecular complexity index is 971. The highest BCUT2D eigenvalue weighted by Gasteiger charge is 2.56. The Hall–Kier alpha value is -2.61. The number of anilines is 1. The fourth-order valence-corrected chi connectivity index (χ4v) is 4.03. The van der Waals surface area contributed by atoms with Gasteiger partial charge in [0.15, 0.2) is 5.60 Å². The third-order valence-electron chi connectivity index (χ3n) is 5.44. The summed E-state index contributed by atoms with van der Waals surface area (Å²) in [6.45, 7) is 3.01. The number of hydrogen-bond donors (Lipinski definition) is 2. The molecular formula is C22H23F4NO3. The second-order valence-corrected chi connectivity index (χ2v) is 8.33. The summed E-state index contributed by atoms with van der Waals surface area (Å²) in [5.41, 5.74) is -2.69. The van der Waals surface area contributed by atoms with E-state index in [1.165, 1.54) is 45.2 Å². The van der Waals surface area contributed by atoms with Crippen LogP contribution in [0.25, 0.3) is 0 Å². The van der Waals surface area contributed by atoms with Gasteiger partial charge in [0.1, 0.15) is 11.6 Å². The first-order valence-corrected chi connectivity index (χ1v) is 9.39. The number of halogens is 4. The Balaban J connectivity index is 1.95. The second-order valence-electron chi connectivity index (χ2n) is 8.33. The number of carbonyl (C=O) groups excluding carboxylic acids is 1. The summed E-state index contributed by atoms with van der Waals surface area (Å²) in [6.07, 6.45) is -6.26. The highest BCUT2D eigenvalue weighted by molar-refractivity contribution is 5.99. The van der Waals surface area contributed by atoms with Crippen LogP contribution in [0.3, 0.4) is 0 Å². The lowest BCUT2D eigenvalue weighted by Crippen LogP contribution is -2.50. The molecule has 4 nitrogen and oxygen atoms in total. The lowest BCUT2D eigenvalue weighted by atomic mass is 9.72. The molecule has 1 unspecified atom stereocenters. The number of rotatable bonds is 6. The third-order valence-corrected chi connectivity index (χ3v) is 5.44. The van der Waals surface area contributed by atoms with Crippen LogP contribution in [0.15, 0.2) is 36.4 Å². The summed E-state index contributed by atoms with van der Waals surface area (Å²) < 4.78 is 61.0. The standard InChI is InChI=1S/C22H23F4NO3/c1-20(2,16-10-15(23)5-7-18(16)30-3)12-21(29,22(24,25)26)11-13-4-6-17-14(8-13)9-19(28)27-17/h4-8,10,29H,9,11-12H2,1-3H3,(H,27,28). The molecule has 0 radical (unpaired) electrons. The maximum atomic E-state index is 14.0. The van der Waals surface area contributed by atoms with Gasteiger partial charge in [0.25, 0.3) is 0 Å². The molecular weight excluding hydrogens is 402 g/mol. The highest BCUT2D eigenvalue weighted by Crippen LogP contribution is 2.45. The van der Waals surface area contributed by atoms with Crippen LogP contribution in [-0.2, 0) is 23.1 Å². The van der Waals surface area contributed by atoms with Crippen LogP contribution in [0.5, 0.6) is 5.75 Å². The Morgan fingerprint density at radius 3 is 2.47 bits per heavy atom. The van der Waals surface area contributed by atoms with Gasteiger partial charge >= 0.3 is 6.18 Å². The number of nitrogens with one attached hydrogen (secondary N) is 1. The molecule has 0 fully saturated rings. The van der Waals surface area contributed by atoms with E-state index in [1.807, 2.05) is 0 Å². The van der Waals surface area contributed by atoms with Crippen LogP contribution in [0, 0.1) is 5.82 Å². The van der Waals surface area contributed by atoms with Crippen LogP contribution in [0.2, 0.25) is 0 Å². The summed E-state index contributed by atoms with van der Waals surface area (Å²) in [5.74, 6) is -0.592. The van der Waals surface area contributed by atoms with Crippen molar-refractivity contribution >= 4 is 11.6 Å². The van der Waals surface area contributed by atoms with Gasteiger partial charge in [0, 0.05) is 17.7 Å². The number of methoxy groups -OCH3 is 1. The molecule has 1 aliphatic rings. The fraction of sp³-hybridized carbons (Fsp3) is 0.409. The molecule has 1 atom stereocenters. The monoisotopic (exact) mass is 425 g/mol. The van der Waals surface area contributed by atoms with Gasteiger partial charge in [-0.2, -0.15) is 13.2 Å². The molecule has 0 aliphatic carbocycles. The number of aliphatic hydroxyl groups is 1. The molecule has 3 rings (SSSR count). The first-order chi connectivity index (χ1) is 13.8. The number of fused-ring (bicyclic) bond motifs is 1. The van der Waals surface area contributed by atoms with Gasteiger partial charge in [-0.15, -0.1) is 0 Å². The zero-order chi connectivity index (χ0) is 22.3.